The quantitative estimate of drug-likeness (QED) is 0.477. The lowest BCUT2D eigenvalue weighted by molar-refractivity contribution is -0.128. The number of amides is 1. The average molecular weight is 492 g/mol. The molecule has 2 aromatic carbocycles. The van der Waals surface area contributed by atoms with Crippen molar-refractivity contribution in [1.82, 2.24) is 5.32 Å². The highest BCUT2D eigenvalue weighted by atomic mass is 35.5. The zero-order valence-electron chi connectivity index (χ0n) is 18.7. The van der Waals surface area contributed by atoms with E-state index < -0.39 is 23.4 Å². The Bertz CT molecular complexity index is 1270. The van der Waals surface area contributed by atoms with Crippen LogP contribution in [0.3, 0.4) is 0 Å². The van der Waals surface area contributed by atoms with E-state index in [1.807, 2.05) is 0 Å². The maximum atomic E-state index is 15.0. The molecule has 0 spiro atoms. The van der Waals surface area contributed by atoms with E-state index in [4.69, 9.17) is 25.5 Å². The Balaban J connectivity index is 1.56. The molecule has 1 aromatic heterocycles. The van der Waals surface area contributed by atoms with E-state index in [1.165, 1.54) is 25.1 Å². The van der Waals surface area contributed by atoms with Gasteiger partial charge in [-0.1, -0.05) is 11.6 Å². The highest BCUT2D eigenvalue weighted by Gasteiger charge is 2.25. The van der Waals surface area contributed by atoms with Gasteiger partial charge in [-0.2, -0.15) is 0 Å². The van der Waals surface area contributed by atoms with Gasteiger partial charge in [-0.25, -0.2) is 13.6 Å². The van der Waals surface area contributed by atoms with E-state index in [-0.39, 0.29) is 39.8 Å². The fourth-order valence-corrected chi connectivity index (χ4v) is 4.46. The number of benzene rings is 2. The molecule has 0 saturated heterocycles. The zero-order valence-corrected chi connectivity index (χ0v) is 19.5. The fraction of sp³-hybridized carbons (Fsp3) is 0.360. The molecule has 34 heavy (non-hydrogen) atoms. The first-order valence-corrected chi connectivity index (χ1v) is 11.4. The van der Waals surface area contributed by atoms with Crippen molar-refractivity contribution in [3.63, 3.8) is 0 Å². The molecule has 1 atom stereocenters. The number of nitrogens with one attached hydrogen (secondary N) is 1. The minimum Gasteiger partial charge on any atom is -0.478 e. The third-order valence-electron chi connectivity index (χ3n) is 6.05. The second-order valence-corrected chi connectivity index (χ2v) is 8.77. The van der Waals surface area contributed by atoms with Crippen LogP contribution < -0.4 is 15.7 Å². The van der Waals surface area contributed by atoms with Crippen LogP contribution in [0.2, 0.25) is 5.02 Å². The lowest BCUT2D eigenvalue weighted by Crippen LogP contribution is -2.44. The van der Waals surface area contributed by atoms with Crippen LogP contribution in [0.25, 0.3) is 22.1 Å². The summed E-state index contributed by atoms with van der Waals surface area (Å²) < 4.78 is 44.6. The molecule has 1 fully saturated rings. The first-order chi connectivity index (χ1) is 16.2. The largest absolute Gasteiger partial charge is 0.478 e. The zero-order chi connectivity index (χ0) is 24.4. The van der Waals surface area contributed by atoms with Gasteiger partial charge in [0.25, 0.3) is 5.91 Å². The topological polar surface area (TPSA) is 77.8 Å². The number of ether oxygens (including phenoxy) is 2. The predicted molar refractivity (Wildman–Crippen MR) is 124 cm³/mol. The van der Waals surface area contributed by atoms with Gasteiger partial charge in [-0.05, 0) is 56.9 Å². The Labute approximate surface area is 199 Å². The molecular formula is C25H24ClF2NO5. The van der Waals surface area contributed by atoms with Gasteiger partial charge in [0.1, 0.15) is 11.4 Å². The van der Waals surface area contributed by atoms with Crippen LogP contribution >= 0.6 is 11.6 Å². The number of hydrogen-bond donors (Lipinski definition) is 1. The maximum absolute atomic E-state index is 15.0. The summed E-state index contributed by atoms with van der Waals surface area (Å²) in [6.07, 6.45) is 2.53. The molecule has 180 valence electrons. The molecule has 9 heteroatoms. The summed E-state index contributed by atoms with van der Waals surface area (Å²) in [5.74, 6) is -1.89. The van der Waals surface area contributed by atoms with Gasteiger partial charge in [0, 0.05) is 41.8 Å². The summed E-state index contributed by atoms with van der Waals surface area (Å²) >= 11 is 6.15. The molecule has 6 nitrogen and oxygen atoms in total. The summed E-state index contributed by atoms with van der Waals surface area (Å²) in [6, 6.07) is 7.23. The van der Waals surface area contributed by atoms with Crippen LogP contribution in [0, 0.1) is 11.6 Å². The lowest BCUT2D eigenvalue weighted by atomic mass is 9.93. The Hall–Kier alpha value is -2.97. The van der Waals surface area contributed by atoms with Crippen molar-refractivity contribution in [2.24, 2.45) is 0 Å². The molecule has 0 aliphatic heterocycles. The third kappa shape index (κ3) is 5.23. The first kappa shape index (κ1) is 24.2. The van der Waals surface area contributed by atoms with Gasteiger partial charge in [0.15, 0.2) is 17.7 Å². The average Bonchev–Trinajstić information content (AvgIpc) is 2.80. The van der Waals surface area contributed by atoms with E-state index in [2.05, 4.69) is 5.32 Å². The number of rotatable bonds is 6. The summed E-state index contributed by atoms with van der Waals surface area (Å²) in [6.45, 7) is 1.52. The first-order valence-electron chi connectivity index (χ1n) is 11.0. The van der Waals surface area contributed by atoms with Crippen molar-refractivity contribution < 1.29 is 27.5 Å². The number of carbonyl (C=O) groups is 1. The van der Waals surface area contributed by atoms with Crippen LogP contribution in [0.5, 0.6) is 5.75 Å². The van der Waals surface area contributed by atoms with Gasteiger partial charge >= 0.3 is 5.63 Å². The molecule has 0 unspecified atom stereocenters. The Kier molecular flexibility index (Phi) is 7.19. The molecule has 1 aliphatic rings. The molecule has 1 N–H and O–H groups in total. The van der Waals surface area contributed by atoms with Crippen molar-refractivity contribution >= 4 is 28.5 Å². The maximum Gasteiger partial charge on any atom is 0.336 e. The van der Waals surface area contributed by atoms with E-state index >= 15 is 0 Å². The number of halogens is 3. The minimum atomic E-state index is -0.978. The molecule has 1 saturated carbocycles. The second kappa shape index (κ2) is 10.1. The van der Waals surface area contributed by atoms with E-state index in [0.717, 1.165) is 43.9 Å². The lowest BCUT2D eigenvalue weighted by Gasteiger charge is -2.29. The summed E-state index contributed by atoms with van der Waals surface area (Å²) in [4.78, 5) is 24.7. The molecule has 4 rings (SSSR count). The van der Waals surface area contributed by atoms with Crippen molar-refractivity contribution in [3.05, 3.63) is 63.5 Å². The van der Waals surface area contributed by atoms with Gasteiger partial charge in [0.2, 0.25) is 0 Å². The van der Waals surface area contributed by atoms with Crippen molar-refractivity contribution in [2.75, 3.05) is 7.11 Å². The van der Waals surface area contributed by atoms with Crippen molar-refractivity contribution in [3.8, 4) is 16.9 Å². The fourth-order valence-electron chi connectivity index (χ4n) is 4.19. The van der Waals surface area contributed by atoms with Crippen LogP contribution in [0.4, 0.5) is 8.78 Å². The SMILES string of the molecule is COC1CCC(NC(=O)[C@@H](C)Oc2cc3oc(=O)cc(-c4ccc(F)cc4Cl)c3cc2F)CC1. The smallest absolute Gasteiger partial charge is 0.336 e. The molecule has 3 aromatic rings. The number of fused-ring (bicyclic) bond motifs is 1. The van der Waals surface area contributed by atoms with Crippen LogP contribution in [-0.4, -0.2) is 31.3 Å². The molecule has 1 heterocycles. The molecule has 1 aliphatic carbocycles. The standard InChI is InChI=1S/C25H24ClF2NO5/c1-13(25(31)29-15-4-6-16(32-2)7-5-15)33-23-12-22-19(10-21(23)28)18(11-24(30)34-22)17-8-3-14(27)9-20(17)26/h3,8-13,15-16H,4-7H2,1-2H3,(H,29,31)/t13-,15?,16?/m1/s1. The normalized spacial score (nSPS) is 19.1. The monoisotopic (exact) mass is 491 g/mol. The van der Waals surface area contributed by atoms with E-state index in [1.54, 1.807) is 7.11 Å². The van der Waals surface area contributed by atoms with Gasteiger partial charge < -0.3 is 19.2 Å². The molecule has 1 amide bonds. The summed E-state index contributed by atoms with van der Waals surface area (Å²) in [5.41, 5.74) is -0.00758. The van der Waals surface area contributed by atoms with Gasteiger partial charge in [-0.3, -0.25) is 4.79 Å². The van der Waals surface area contributed by atoms with Gasteiger partial charge in [-0.15, -0.1) is 0 Å². The van der Waals surface area contributed by atoms with Crippen LogP contribution in [-0.2, 0) is 9.53 Å². The van der Waals surface area contributed by atoms with Crippen molar-refractivity contribution in [1.29, 1.82) is 0 Å². The molecule has 0 radical (unpaired) electrons. The molecule has 0 bridgehead atoms. The van der Waals surface area contributed by atoms with Crippen molar-refractivity contribution in [2.45, 2.75) is 50.9 Å². The summed E-state index contributed by atoms with van der Waals surface area (Å²) in [5, 5.41) is 3.25. The predicted octanol–water partition coefficient (Wildman–Crippen LogP) is 5.23. The minimum absolute atomic E-state index is 0.00689. The van der Waals surface area contributed by atoms with Gasteiger partial charge in [0.05, 0.1) is 11.1 Å². The highest BCUT2D eigenvalue weighted by molar-refractivity contribution is 6.33. The second-order valence-electron chi connectivity index (χ2n) is 8.36. The number of hydrogen-bond acceptors (Lipinski definition) is 5. The highest BCUT2D eigenvalue weighted by Crippen LogP contribution is 2.35. The van der Waals surface area contributed by atoms with Crippen LogP contribution in [0.15, 0.2) is 45.6 Å². The van der Waals surface area contributed by atoms with E-state index in [0.29, 0.717) is 11.1 Å². The Morgan fingerprint density at radius 2 is 1.85 bits per heavy atom. The number of methoxy groups -OCH3 is 1. The van der Waals surface area contributed by atoms with Crippen LogP contribution in [0.1, 0.15) is 32.6 Å². The third-order valence-corrected chi connectivity index (χ3v) is 6.36. The Morgan fingerprint density at radius 3 is 2.53 bits per heavy atom. The molecular weight excluding hydrogens is 468 g/mol. The number of carbonyl (C=O) groups excluding carboxylic acids is 1. The van der Waals surface area contributed by atoms with E-state index in [9.17, 15) is 18.4 Å². The summed E-state index contributed by atoms with van der Waals surface area (Å²) in [7, 11) is 1.68. The Morgan fingerprint density at radius 1 is 1.12 bits per heavy atom.